The molecule has 6 nitrogen and oxygen atoms in total. The Morgan fingerprint density at radius 1 is 1.21 bits per heavy atom. The van der Waals surface area contributed by atoms with Gasteiger partial charge in [0.25, 0.3) is 0 Å². The van der Waals surface area contributed by atoms with Crippen LogP contribution in [0, 0.1) is 5.92 Å². The Kier molecular flexibility index (Phi) is 5.32. The summed E-state index contributed by atoms with van der Waals surface area (Å²) in [5, 5.41) is 6.01. The quantitative estimate of drug-likeness (QED) is 0.835. The first kappa shape index (κ1) is 17.5. The summed E-state index contributed by atoms with van der Waals surface area (Å²) < 4.78 is 26.0. The number of sulfonamides is 1. The van der Waals surface area contributed by atoms with Crippen LogP contribution in [0.15, 0.2) is 24.3 Å². The molecule has 1 saturated carbocycles. The van der Waals surface area contributed by atoms with Gasteiger partial charge in [0.15, 0.2) is 0 Å². The van der Waals surface area contributed by atoms with Crippen molar-refractivity contribution in [2.24, 2.45) is 5.92 Å². The van der Waals surface area contributed by atoms with Crippen molar-refractivity contribution in [2.75, 3.05) is 25.0 Å². The molecule has 0 atom stereocenters. The van der Waals surface area contributed by atoms with Crippen LogP contribution in [0.2, 0.25) is 5.02 Å². The van der Waals surface area contributed by atoms with Crippen LogP contribution < -0.4 is 10.6 Å². The molecule has 0 unspecified atom stereocenters. The number of nitrogens with one attached hydrogen (secondary N) is 2. The normalized spacial score (nSPS) is 19.9. The molecule has 0 bridgehead atoms. The van der Waals surface area contributed by atoms with E-state index in [1.54, 1.807) is 28.6 Å². The minimum atomic E-state index is -3.07. The Morgan fingerprint density at radius 2 is 1.92 bits per heavy atom. The molecule has 1 aromatic carbocycles. The zero-order chi connectivity index (χ0) is 17.2. The highest BCUT2D eigenvalue weighted by Crippen LogP contribution is 2.33. The van der Waals surface area contributed by atoms with E-state index in [9.17, 15) is 13.2 Å². The molecule has 8 heteroatoms. The van der Waals surface area contributed by atoms with Gasteiger partial charge in [-0.3, -0.25) is 0 Å². The number of urea groups is 1. The van der Waals surface area contributed by atoms with Crippen molar-refractivity contribution in [1.82, 2.24) is 9.62 Å². The van der Waals surface area contributed by atoms with E-state index in [0.29, 0.717) is 36.3 Å². The van der Waals surface area contributed by atoms with Gasteiger partial charge in [0, 0.05) is 30.3 Å². The van der Waals surface area contributed by atoms with E-state index in [1.807, 2.05) is 0 Å². The molecular formula is C16H22ClN3O3S. The van der Waals surface area contributed by atoms with Crippen molar-refractivity contribution in [3.63, 3.8) is 0 Å². The SMILES string of the molecule is O=C(NCC1CCN(S(=O)(=O)C2CC2)CC1)Nc1cccc(Cl)c1. The number of nitrogens with zero attached hydrogens (tertiary/aromatic N) is 1. The van der Waals surface area contributed by atoms with E-state index >= 15 is 0 Å². The maximum atomic E-state index is 12.2. The zero-order valence-electron chi connectivity index (χ0n) is 13.4. The first-order valence-corrected chi connectivity index (χ1v) is 10.1. The smallest absolute Gasteiger partial charge is 0.319 e. The second-order valence-electron chi connectivity index (χ2n) is 6.43. The Hall–Kier alpha value is -1.31. The summed E-state index contributed by atoms with van der Waals surface area (Å²) in [6, 6.07) is 6.70. The van der Waals surface area contributed by atoms with Crippen molar-refractivity contribution in [3.8, 4) is 0 Å². The van der Waals surface area contributed by atoms with Crippen LogP contribution in [0.25, 0.3) is 0 Å². The molecule has 1 saturated heterocycles. The maximum Gasteiger partial charge on any atom is 0.319 e. The van der Waals surface area contributed by atoms with Crippen LogP contribution in [-0.4, -0.2) is 43.6 Å². The number of carbonyl (C=O) groups is 1. The monoisotopic (exact) mass is 371 g/mol. The Labute approximate surface area is 147 Å². The lowest BCUT2D eigenvalue weighted by atomic mass is 9.98. The molecule has 1 aliphatic carbocycles. The summed E-state index contributed by atoms with van der Waals surface area (Å²) in [5.41, 5.74) is 0.644. The number of amides is 2. The topological polar surface area (TPSA) is 78.5 Å². The van der Waals surface area contributed by atoms with Gasteiger partial charge < -0.3 is 10.6 Å². The lowest BCUT2D eigenvalue weighted by Gasteiger charge is -2.31. The molecule has 2 fully saturated rings. The van der Waals surface area contributed by atoms with Gasteiger partial charge in [-0.2, -0.15) is 0 Å². The number of carbonyl (C=O) groups excluding carboxylic acids is 1. The number of halogens is 1. The summed E-state index contributed by atoms with van der Waals surface area (Å²) in [7, 11) is -3.07. The van der Waals surface area contributed by atoms with Gasteiger partial charge >= 0.3 is 6.03 Å². The highest BCUT2D eigenvalue weighted by molar-refractivity contribution is 7.90. The van der Waals surface area contributed by atoms with Crippen LogP contribution >= 0.6 is 11.6 Å². The molecule has 2 amide bonds. The van der Waals surface area contributed by atoms with Gasteiger partial charge in [0.2, 0.25) is 10.0 Å². The van der Waals surface area contributed by atoms with Crippen molar-refractivity contribution >= 4 is 33.3 Å². The maximum absolute atomic E-state index is 12.2. The van der Waals surface area contributed by atoms with Gasteiger partial charge in [0.1, 0.15) is 0 Å². The molecule has 0 radical (unpaired) electrons. The molecule has 2 N–H and O–H groups in total. The average Bonchev–Trinajstić information content (AvgIpc) is 3.39. The Balaban J connectivity index is 1.41. The first-order valence-electron chi connectivity index (χ1n) is 8.24. The number of rotatable bonds is 5. The van der Waals surface area contributed by atoms with Gasteiger partial charge in [-0.15, -0.1) is 0 Å². The molecule has 1 aliphatic heterocycles. The van der Waals surface area contributed by atoms with E-state index in [1.165, 1.54) is 0 Å². The predicted molar refractivity (Wildman–Crippen MR) is 94.7 cm³/mol. The molecule has 24 heavy (non-hydrogen) atoms. The minimum absolute atomic E-state index is 0.143. The summed E-state index contributed by atoms with van der Waals surface area (Å²) in [6.45, 7) is 1.66. The lowest BCUT2D eigenvalue weighted by Crippen LogP contribution is -2.43. The number of benzene rings is 1. The molecule has 2 aliphatic rings. The number of anilines is 1. The highest BCUT2D eigenvalue weighted by Gasteiger charge is 2.41. The number of piperidine rings is 1. The fraction of sp³-hybridized carbons (Fsp3) is 0.562. The van der Waals surface area contributed by atoms with Crippen molar-refractivity contribution in [2.45, 2.75) is 30.9 Å². The summed E-state index contributed by atoms with van der Waals surface area (Å²) in [4.78, 5) is 11.9. The minimum Gasteiger partial charge on any atom is -0.338 e. The van der Waals surface area contributed by atoms with Crippen LogP contribution in [0.1, 0.15) is 25.7 Å². The van der Waals surface area contributed by atoms with Crippen LogP contribution in [-0.2, 0) is 10.0 Å². The third kappa shape index (κ3) is 4.40. The highest BCUT2D eigenvalue weighted by atomic mass is 35.5. The standard InChI is InChI=1S/C16H22ClN3O3S/c17-13-2-1-3-14(10-13)19-16(21)18-11-12-6-8-20(9-7-12)24(22,23)15-4-5-15/h1-3,10,12,15H,4-9,11H2,(H2,18,19,21). The molecule has 1 aromatic rings. The second kappa shape index (κ2) is 7.29. The first-order chi connectivity index (χ1) is 11.4. The van der Waals surface area contributed by atoms with E-state index in [4.69, 9.17) is 11.6 Å². The third-order valence-electron chi connectivity index (χ3n) is 4.51. The summed E-state index contributed by atoms with van der Waals surface area (Å²) in [6.07, 6.45) is 3.16. The predicted octanol–water partition coefficient (Wildman–Crippen LogP) is 2.67. The Bertz CT molecular complexity index is 698. The van der Waals surface area contributed by atoms with Gasteiger partial charge in [-0.25, -0.2) is 17.5 Å². The van der Waals surface area contributed by atoms with E-state index in [2.05, 4.69) is 10.6 Å². The van der Waals surface area contributed by atoms with Crippen molar-refractivity contribution < 1.29 is 13.2 Å². The summed E-state index contributed by atoms with van der Waals surface area (Å²) >= 11 is 5.88. The fourth-order valence-electron chi connectivity index (χ4n) is 2.92. The van der Waals surface area contributed by atoms with Crippen molar-refractivity contribution in [1.29, 1.82) is 0 Å². The summed E-state index contributed by atoms with van der Waals surface area (Å²) in [5.74, 6) is 0.306. The Morgan fingerprint density at radius 3 is 2.54 bits per heavy atom. The van der Waals surface area contributed by atoms with Crippen LogP contribution in [0.3, 0.4) is 0 Å². The number of hydrogen-bond acceptors (Lipinski definition) is 3. The van der Waals surface area contributed by atoms with Gasteiger partial charge in [-0.05, 0) is 49.8 Å². The van der Waals surface area contributed by atoms with E-state index in [0.717, 1.165) is 25.7 Å². The van der Waals surface area contributed by atoms with Gasteiger partial charge in [-0.1, -0.05) is 17.7 Å². The third-order valence-corrected chi connectivity index (χ3v) is 7.15. The van der Waals surface area contributed by atoms with Gasteiger partial charge in [0.05, 0.1) is 5.25 Å². The average molecular weight is 372 g/mol. The number of hydrogen-bond donors (Lipinski definition) is 2. The molecule has 0 aromatic heterocycles. The molecule has 0 spiro atoms. The lowest BCUT2D eigenvalue weighted by molar-refractivity contribution is 0.240. The zero-order valence-corrected chi connectivity index (χ0v) is 14.9. The molecule has 3 rings (SSSR count). The second-order valence-corrected chi connectivity index (χ2v) is 9.08. The van der Waals surface area contributed by atoms with Crippen LogP contribution in [0.5, 0.6) is 0 Å². The van der Waals surface area contributed by atoms with E-state index < -0.39 is 10.0 Å². The molecular weight excluding hydrogens is 350 g/mol. The molecule has 1 heterocycles. The van der Waals surface area contributed by atoms with E-state index in [-0.39, 0.29) is 11.3 Å². The largest absolute Gasteiger partial charge is 0.338 e. The van der Waals surface area contributed by atoms with Crippen molar-refractivity contribution in [3.05, 3.63) is 29.3 Å². The van der Waals surface area contributed by atoms with Crippen LogP contribution in [0.4, 0.5) is 10.5 Å². The fourth-order valence-corrected chi connectivity index (χ4v) is 4.99. The molecule has 132 valence electrons.